The van der Waals surface area contributed by atoms with Gasteiger partial charge >= 0.3 is 0 Å². The maximum atomic E-state index is 13.3. The Bertz CT molecular complexity index is 765. The maximum Gasteiger partial charge on any atom is 0.272 e. The summed E-state index contributed by atoms with van der Waals surface area (Å²) in [5.74, 6) is -0.410. The van der Waals surface area contributed by atoms with Crippen LogP contribution in [0.15, 0.2) is 36.5 Å². The molecule has 1 amide bonds. The van der Waals surface area contributed by atoms with Crippen LogP contribution in [-0.4, -0.2) is 28.8 Å². The molecule has 27 heavy (non-hydrogen) atoms. The topological polar surface area (TPSA) is 59.0 Å². The Kier molecular flexibility index (Phi) is 6.17. The third-order valence-corrected chi connectivity index (χ3v) is 5.69. The van der Waals surface area contributed by atoms with E-state index >= 15 is 0 Å². The summed E-state index contributed by atoms with van der Waals surface area (Å²) >= 11 is 0. The number of aromatic nitrogens is 2. The second-order valence-electron chi connectivity index (χ2n) is 7.43. The van der Waals surface area contributed by atoms with E-state index in [9.17, 15) is 9.18 Å². The van der Waals surface area contributed by atoms with Crippen molar-refractivity contribution in [2.24, 2.45) is 0 Å². The first-order valence-corrected chi connectivity index (χ1v) is 9.51. The fourth-order valence-corrected chi connectivity index (χ4v) is 4.24. The zero-order valence-corrected chi connectivity index (χ0v) is 16.1. The van der Waals surface area contributed by atoms with E-state index in [4.69, 9.17) is 0 Å². The molecule has 1 saturated heterocycles. The third-order valence-electron chi connectivity index (χ3n) is 5.69. The van der Waals surface area contributed by atoms with E-state index < -0.39 is 5.54 Å². The number of nitrogens with zero attached hydrogens (tertiary/aromatic N) is 2. The molecule has 0 bridgehead atoms. The van der Waals surface area contributed by atoms with Gasteiger partial charge in [-0.15, -0.1) is 12.4 Å². The van der Waals surface area contributed by atoms with E-state index in [0.29, 0.717) is 11.7 Å². The average molecular weight is 393 g/mol. The number of nitrogens with one attached hydrogen (secondary N) is 2. The van der Waals surface area contributed by atoms with Crippen molar-refractivity contribution < 1.29 is 9.18 Å². The van der Waals surface area contributed by atoms with Crippen LogP contribution in [0.25, 0.3) is 0 Å². The van der Waals surface area contributed by atoms with Gasteiger partial charge in [-0.3, -0.25) is 9.48 Å². The Morgan fingerprint density at radius 1 is 1.19 bits per heavy atom. The Morgan fingerprint density at radius 2 is 1.93 bits per heavy atom. The summed E-state index contributed by atoms with van der Waals surface area (Å²) in [6.07, 6.45) is 7.95. The fraction of sp³-hybridized carbons (Fsp3) is 0.500. The van der Waals surface area contributed by atoms with E-state index in [1.807, 2.05) is 10.9 Å². The molecular formula is C20H26ClFN4O. The van der Waals surface area contributed by atoms with Gasteiger partial charge in [0.15, 0.2) is 0 Å². The zero-order valence-electron chi connectivity index (χ0n) is 15.3. The molecule has 0 spiro atoms. The lowest BCUT2D eigenvalue weighted by atomic mass is 9.88. The van der Waals surface area contributed by atoms with Gasteiger partial charge in [0.25, 0.3) is 5.91 Å². The minimum absolute atomic E-state index is 0. The first-order chi connectivity index (χ1) is 12.7. The minimum Gasteiger partial charge on any atom is -0.341 e. The predicted molar refractivity (Wildman–Crippen MR) is 105 cm³/mol. The summed E-state index contributed by atoms with van der Waals surface area (Å²) in [6.45, 7) is 1.94. The summed E-state index contributed by atoms with van der Waals surface area (Å²) in [5, 5.41) is 11.1. The Morgan fingerprint density at radius 3 is 2.59 bits per heavy atom. The minimum atomic E-state index is -0.416. The number of hydrogen-bond donors (Lipinski definition) is 2. The monoisotopic (exact) mass is 392 g/mol. The summed E-state index contributed by atoms with van der Waals surface area (Å²) in [6, 6.07) is 8.60. The highest BCUT2D eigenvalue weighted by Crippen LogP contribution is 2.39. The van der Waals surface area contributed by atoms with Gasteiger partial charge in [-0.2, -0.15) is 5.10 Å². The zero-order chi connectivity index (χ0) is 18.0. The van der Waals surface area contributed by atoms with E-state index in [1.165, 1.54) is 12.1 Å². The van der Waals surface area contributed by atoms with Crippen LogP contribution in [0, 0.1) is 5.82 Å². The van der Waals surface area contributed by atoms with Gasteiger partial charge in [0.05, 0.1) is 11.6 Å². The molecule has 5 nitrogen and oxygen atoms in total. The van der Waals surface area contributed by atoms with E-state index in [-0.39, 0.29) is 24.1 Å². The number of piperidine rings is 1. The van der Waals surface area contributed by atoms with Crippen LogP contribution in [0.1, 0.15) is 60.6 Å². The lowest BCUT2D eigenvalue weighted by Gasteiger charge is -2.31. The van der Waals surface area contributed by atoms with Crippen molar-refractivity contribution in [3.8, 4) is 0 Å². The summed E-state index contributed by atoms with van der Waals surface area (Å²) in [7, 11) is 0. The van der Waals surface area contributed by atoms with Gasteiger partial charge in [0.1, 0.15) is 11.5 Å². The standard InChI is InChI=1S/C20H25FN4O.ClH/c21-16-7-5-15(6-8-16)20(10-1-2-11-20)23-19(26)18-9-13-25(24-18)17-4-3-12-22-14-17;/h5-9,13,17,22H,1-4,10-12,14H2,(H,23,26);1H. The Balaban J connectivity index is 0.00000210. The van der Waals surface area contributed by atoms with E-state index in [2.05, 4.69) is 15.7 Å². The van der Waals surface area contributed by atoms with Crippen molar-refractivity contribution in [2.45, 2.75) is 50.1 Å². The van der Waals surface area contributed by atoms with Crippen LogP contribution in [-0.2, 0) is 5.54 Å². The van der Waals surface area contributed by atoms with Gasteiger partial charge in [0.2, 0.25) is 0 Å². The predicted octanol–water partition coefficient (Wildman–Crippen LogP) is 3.57. The molecule has 2 N–H and O–H groups in total. The molecule has 1 aromatic heterocycles. The van der Waals surface area contributed by atoms with Crippen molar-refractivity contribution in [1.29, 1.82) is 0 Å². The molecule has 1 aromatic carbocycles. The third kappa shape index (κ3) is 4.17. The number of rotatable bonds is 4. The largest absolute Gasteiger partial charge is 0.341 e. The average Bonchev–Trinajstić information content (AvgIpc) is 3.33. The van der Waals surface area contributed by atoms with Crippen LogP contribution in [0.3, 0.4) is 0 Å². The smallest absolute Gasteiger partial charge is 0.272 e. The van der Waals surface area contributed by atoms with E-state index in [0.717, 1.165) is 57.2 Å². The molecule has 0 radical (unpaired) electrons. The molecular weight excluding hydrogens is 367 g/mol. The molecule has 146 valence electrons. The lowest BCUT2D eigenvalue weighted by Crippen LogP contribution is -2.44. The lowest BCUT2D eigenvalue weighted by molar-refractivity contribution is 0.0891. The molecule has 4 rings (SSSR count). The Labute approximate surface area is 165 Å². The molecule has 1 saturated carbocycles. The molecule has 1 unspecified atom stereocenters. The van der Waals surface area contributed by atoms with Crippen molar-refractivity contribution in [3.63, 3.8) is 0 Å². The highest BCUT2D eigenvalue weighted by molar-refractivity contribution is 5.92. The van der Waals surface area contributed by atoms with Crippen molar-refractivity contribution in [2.75, 3.05) is 13.1 Å². The molecule has 2 aliphatic rings. The van der Waals surface area contributed by atoms with Crippen LogP contribution in [0.2, 0.25) is 0 Å². The molecule has 2 aromatic rings. The fourth-order valence-electron chi connectivity index (χ4n) is 4.24. The number of hydrogen-bond acceptors (Lipinski definition) is 3. The van der Waals surface area contributed by atoms with Crippen LogP contribution >= 0.6 is 12.4 Å². The normalized spacial score (nSPS) is 21.4. The first-order valence-electron chi connectivity index (χ1n) is 9.51. The number of amides is 1. The highest BCUT2D eigenvalue weighted by Gasteiger charge is 2.37. The first kappa shape index (κ1) is 19.8. The quantitative estimate of drug-likeness (QED) is 0.836. The number of benzene rings is 1. The maximum absolute atomic E-state index is 13.3. The summed E-state index contributed by atoms with van der Waals surface area (Å²) < 4.78 is 15.2. The van der Waals surface area contributed by atoms with Gasteiger partial charge < -0.3 is 10.6 Å². The summed E-state index contributed by atoms with van der Waals surface area (Å²) in [4.78, 5) is 12.9. The molecule has 2 fully saturated rings. The van der Waals surface area contributed by atoms with E-state index in [1.54, 1.807) is 18.2 Å². The van der Waals surface area contributed by atoms with Gasteiger partial charge in [-0.1, -0.05) is 25.0 Å². The van der Waals surface area contributed by atoms with Crippen molar-refractivity contribution in [3.05, 3.63) is 53.6 Å². The molecule has 1 aliphatic heterocycles. The van der Waals surface area contributed by atoms with Gasteiger partial charge in [-0.05, 0) is 56.0 Å². The second-order valence-corrected chi connectivity index (χ2v) is 7.43. The summed E-state index contributed by atoms with van der Waals surface area (Å²) in [5.41, 5.74) is 1.01. The molecule has 1 aliphatic carbocycles. The van der Waals surface area contributed by atoms with Crippen LogP contribution in [0.4, 0.5) is 4.39 Å². The van der Waals surface area contributed by atoms with Gasteiger partial charge in [0, 0.05) is 12.7 Å². The molecule has 2 heterocycles. The molecule has 1 atom stereocenters. The number of carbonyl (C=O) groups is 1. The number of halogens is 2. The number of carbonyl (C=O) groups excluding carboxylic acids is 1. The van der Waals surface area contributed by atoms with Gasteiger partial charge in [-0.25, -0.2) is 4.39 Å². The Hall–Kier alpha value is -1.92. The van der Waals surface area contributed by atoms with Crippen molar-refractivity contribution in [1.82, 2.24) is 20.4 Å². The van der Waals surface area contributed by atoms with Crippen molar-refractivity contribution >= 4 is 18.3 Å². The molecule has 7 heteroatoms. The van der Waals surface area contributed by atoms with Crippen LogP contribution in [0.5, 0.6) is 0 Å². The highest BCUT2D eigenvalue weighted by atomic mass is 35.5. The second kappa shape index (κ2) is 8.40. The SMILES string of the molecule is Cl.O=C(NC1(c2ccc(F)cc2)CCCC1)c1ccn(C2CCCNC2)n1. The van der Waals surface area contributed by atoms with Crippen LogP contribution < -0.4 is 10.6 Å².